The number of nitrogens with zero attached hydrogens (tertiary/aromatic N) is 1. The Morgan fingerprint density at radius 1 is 1.29 bits per heavy atom. The third kappa shape index (κ3) is 2.66. The van der Waals surface area contributed by atoms with Crippen molar-refractivity contribution < 1.29 is 0 Å². The summed E-state index contributed by atoms with van der Waals surface area (Å²) in [6, 6.07) is 0. The third-order valence-corrected chi connectivity index (χ3v) is 6.23. The minimum absolute atomic E-state index is 0.278. The maximum atomic E-state index is 6.19. The van der Waals surface area contributed by atoms with Crippen LogP contribution >= 0.6 is 11.8 Å². The van der Waals surface area contributed by atoms with Gasteiger partial charge < -0.3 is 5.73 Å². The van der Waals surface area contributed by atoms with E-state index in [0.717, 1.165) is 6.54 Å². The van der Waals surface area contributed by atoms with Gasteiger partial charge in [0.2, 0.25) is 0 Å². The van der Waals surface area contributed by atoms with Crippen LogP contribution in [0.1, 0.15) is 46.5 Å². The van der Waals surface area contributed by atoms with E-state index in [-0.39, 0.29) is 5.54 Å². The van der Waals surface area contributed by atoms with Crippen molar-refractivity contribution in [1.29, 1.82) is 0 Å². The molecule has 17 heavy (non-hydrogen) atoms. The smallest absolute Gasteiger partial charge is 0.0447 e. The highest BCUT2D eigenvalue weighted by atomic mass is 32.2. The van der Waals surface area contributed by atoms with E-state index in [1.54, 1.807) is 0 Å². The summed E-state index contributed by atoms with van der Waals surface area (Å²) in [6.45, 7) is 10.5. The van der Waals surface area contributed by atoms with Crippen LogP contribution in [0.4, 0.5) is 0 Å². The van der Waals surface area contributed by atoms with Gasteiger partial charge in [-0.3, -0.25) is 4.90 Å². The quantitative estimate of drug-likeness (QED) is 0.824. The molecule has 2 rings (SSSR count). The first-order chi connectivity index (χ1) is 8.00. The van der Waals surface area contributed by atoms with E-state index in [1.807, 2.05) is 0 Å². The van der Waals surface area contributed by atoms with Crippen molar-refractivity contribution in [3.63, 3.8) is 0 Å². The van der Waals surface area contributed by atoms with Gasteiger partial charge >= 0.3 is 0 Å². The van der Waals surface area contributed by atoms with E-state index in [9.17, 15) is 0 Å². The van der Waals surface area contributed by atoms with Crippen LogP contribution in [0.25, 0.3) is 0 Å². The summed E-state index contributed by atoms with van der Waals surface area (Å²) in [6.07, 6.45) is 5.34. The Morgan fingerprint density at radius 2 is 2.06 bits per heavy atom. The topological polar surface area (TPSA) is 29.3 Å². The molecule has 2 unspecified atom stereocenters. The lowest BCUT2D eigenvalue weighted by atomic mass is 9.79. The second kappa shape index (κ2) is 5.10. The summed E-state index contributed by atoms with van der Waals surface area (Å²) in [7, 11) is 0. The number of hydrogen-bond acceptors (Lipinski definition) is 3. The summed E-state index contributed by atoms with van der Waals surface area (Å²) in [5.41, 5.74) is 6.95. The summed E-state index contributed by atoms with van der Waals surface area (Å²) in [5.74, 6) is 1.32. The number of piperidine rings is 1. The molecule has 0 aliphatic carbocycles. The summed E-state index contributed by atoms with van der Waals surface area (Å²) in [5, 5.41) is 0.690. The molecule has 0 aromatic carbocycles. The normalized spacial score (nSPS) is 39.2. The van der Waals surface area contributed by atoms with Crippen LogP contribution < -0.4 is 5.73 Å². The molecule has 0 radical (unpaired) electrons. The average molecular weight is 256 g/mol. The van der Waals surface area contributed by atoms with Crippen molar-refractivity contribution in [2.75, 3.05) is 25.4 Å². The van der Waals surface area contributed by atoms with Gasteiger partial charge in [0.25, 0.3) is 0 Å². The van der Waals surface area contributed by atoms with Crippen molar-refractivity contribution in [1.82, 2.24) is 4.90 Å². The molecule has 0 bridgehead atoms. The van der Waals surface area contributed by atoms with Crippen LogP contribution in [-0.2, 0) is 0 Å². The predicted octanol–water partition coefficient (Wildman–Crippen LogP) is 2.72. The van der Waals surface area contributed by atoms with Gasteiger partial charge in [0.05, 0.1) is 0 Å². The fourth-order valence-corrected chi connectivity index (χ4v) is 4.95. The molecule has 0 aromatic heterocycles. The van der Waals surface area contributed by atoms with E-state index in [1.165, 1.54) is 44.5 Å². The molecule has 2 N–H and O–H groups in total. The van der Waals surface area contributed by atoms with E-state index >= 15 is 0 Å². The Bertz CT molecular complexity index is 267. The zero-order valence-electron chi connectivity index (χ0n) is 11.7. The Hall–Kier alpha value is 0.270. The molecular weight excluding hydrogens is 228 g/mol. The van der Waals surface area contributed by atoms with Crippen molar-refractivity contribution in [2.24, 2.45) is 11.1 Å². The fraction of sp³-hybridized carbons (Fsp3) is 1.00. The second-order valence-electron chi connectivity index (χ2n) is 6.61. The standard InChI is InChI=1S/C14H28N2S/c1-12-14(10-15,7-5-9-17-12)16-8-4-6-13(2,3)11-16/h12H,4-11,15H2,1-3H3. The molecule has 2 aliphatic heterocycles. The van der Waals surface area contributed by atoms with Crippen molar-refractivity contribution >= 4 is 11.8 Å². The fourth-order valence-electron chi connectivity index (χ4n) is 3.61. The monoisotopic (exact) mass is 256 g/mol. The maximum Gasteiger partial charge on any atom is 0.0447 e. The van der Waals surface area contributed by atoms with Gasteiger partial charge in [-0.1, -0.05) is 20.8 Å². The Balaban J connectivity index is 2.16. The number of thioether (sulfide) groups is 1. The van der Waals surface area contributed by atoms with Gasteiger partial charge in [-0.05, 0) is 43.4 Å². The first kappa shape index (κ1) is 13.7. The van der Waals surface area contributed by atoms with Gasteiger partial charge in [-0.15, -0.1) is 0 Å². The van der Waals surface area contributed by atoms with E-state index in [0.29, 0.717) is 10.7 Å². The van der Waals surface area contributed by atoms with Crippen LogP contribution in [0, 0.1) is 5.41 Å². The number of hydrogen-bond donors (Lipinski definition) is 1. The van der Waals surface area contributed by atoms with Crippen molar-refractivity contribution in [3.8, 4) is 0 Å². The lowest BCUT2D eigenvalue weighted by Gasteiger charge is -2.54. The lowest BCUT2D eigenvalue weighted by molar-refractivity contribution is 0.0117. The zero-order valence-corrected chi connectivity index (χ0v) is 12.5. The minimum Gasteiger partial charge on any atom is -0.329 e. The average Bonchev–Trinajstić information content (AvgIpc) is 2.28. The van der Waals surface area contributed by atoms with Gasteiger partial charge in [0.1, 0.15) is 0 Å². The zero-order chi connectivity index (χ0) is 12.5. The molecule has 100 valence electrons. The molecule has 0 saturated carbocycles. The molecule has 0 amide bonds. The van der Waals surface area contributed by atoms with Gasteiger partial charge in [0, 0.05) is 23.9 Å². The molecule has 2 aliphatic rings. The SMILES string of the molecule is CC1SCCCC1(CN)N1CCCC(C)(C)C1. The first-order valence-electron chi connectivity index (χ1n) is 7.07. The van der Waals surface area contributed by atoms with Gasteiger partial charge in [-0.25, -0.2) is 0 Å². The Kier molecular flexibility index (Phi) is 4.11. The van der Waals surface area contributed by atoms with Crippen LogP contribution in [0.5, 0.6) is 0 Å². The van der Waals surface area contributed by atoms with Crippen LogP contribution in [-0.4, -0.2) is 41.1 Å². The highest BCUT2D eigenvalue weighted by Crippen LogP contribution is 2.41. The number of rotatable bonds is 2. The van der Waals surface area contributed by atoms with Crippen molar-refractivity contribution in [2.45, 2.75) is 57.2 Å². The first-order valence-corrected chi connectivity index (χ1v) is 8.12. The van der Waals surface area contributed by atoms with E-state index in [2.05, 4.69) is 37.4 Å². The summed E-state index contributed by atoms with van der Waals surface area (Å²) < 4.78 is 0. The van der Waals surface area contributed by atoms with Crippen LogP contribution in [0.15, 0.2) is 0 Å². The van der Waals surface area contributed by atoms with E-state index < -0.39 is 0 Å². The van der Waals surface area contributed by atoms with Crippen LogP contribution in [0.2, 0.25) is 0 Å². The lowest BCUT2D eigenvalue weighted by Crippen LogP contribution is -2.63. The van der Waals surface area contributed by atoms with Crippen LogP contribution in [0.3, 0.4) is 0 Å². The maximum absolute atomic E-state index is 6.19. The largest absolute Gasteiger partial charge is 0.329 e. The molecule has 0 aromatic rings. The molecule has 3 heteroatoms. The number of likely N-dealkylation sites (tertiary alicyclic amines) is 1. The Labute approximate surface area is 111 Å². The number of nitrogens with two attached hydrogens (primary N) is 1. The highest BCUT2D eigenvalue weighted by molar-refractivity contribution is 8.00. The predicted molar refractivity (Wildman–Crippen MR) is 77.5 cm³/mol. The van der Waals surface area contributed by atoms with Gasteiger partial charge in [-0.2, -0.15) is 11.8 Å². The summed E-state index contributed by atoms with van der Waals surface area (Å²) >= 11 is 2.12. The van der Waals surface area contributed by atoms with Crippen molar-refractivity contribution in [3.05, 3.63) is 0 Å². The second-order valence-corrected chi connectivity index (χ2v) is 8.06. The highest BCUT2D eigenvalue weighted by Gasteiger charge is 2.45. The van der Waals surface area contributed by atoms with E-state index in [4.69, 9.17) is 5.73 Å². The molecule has 2 heterocycles. The molecule has 2 saturated heterocycles. The molecular formula is C14H28N2S. The molecule has 2 atom stereocenters. The molecule has 2 nitrogen and oxygen atoms in total. The minimum atomic E-state index is 0.278. The molecule has 0 spiro atoms. The van der Waals surface area contributed by atoms with Gasteiger partial charge in [0.15, 0.2) is 0 Å². The summed E-state index contributed by atoms with van der Waals surface area (Å²) in [4.78, 5) is 2.73. The third-order valence-electron chi connectivity index (χ3n) is 4.76. The molecule has 2 fully saturated rings. The Morgan fingerprint density at radius 3 is 2.65 bits per heavy atom.